The van der Waals surface area contributed by atoms with Crippen molar-refractivity contribution in [2.24, 2.45) is 5.92 Å². The molecule has 2 aromatic heterocycles. The molecule has 0 spiro atoms. The van der Waals surface area contributed by atoms with Crippen LogP contribution < -0.4 is 5.32 Å². The molecule has 25 heavy (non-hydrogen) atoms. The van der Waals surface area contributed by atoms with Gasteiger partial charge in [-0.2, -0.15) is 0 Å². The van der Waals surface area contributed by atoms with Gasteiger partial charge in [-0.3, -0.25) is 14.6 Å². The van der Waals surface area contributed by atoms with E-state index in [2.05, 4.69) is 24.1 Å². The number of carbonyl (C=O) groups excluding carboxylic acids is 2. The average molecular weight is 340 g/mol. The standard InChI is InChI=1S/C20H24N2O3/c1-12(2)10-15(14-6-5-9-21-11-14)22-20(24)18-13(3)25-17-8-4-7-16(23)19(17)18/h5-6,9,11-12,15H,4,7-8,10H2,1-3H3,(H,22,24). The third kappa shape index (κ3) is 3.65. The number of rotatable bonds is 5. The molecule has 1 aliphatic carbocycles. The molecule has 0 aromatic carbocycles. The first-order valence-electron chi connectivity index (χ1n) is 8.83. The lowest BCUT2D eigenvalue weighted by molar-refractivity contribution is 0.0912. The second-order valence-electron chi connectivity index (χ2n) is 7.05. The third-order valence-corrected chi connectivity index (χ3v) is 4.57. The zero-order valence-electron chi connectivity index (χ0n) is 15.0. The maximum Gasteiger partial charge on any atom is 0.256 e. The minimum Gasteiger partial charge on any atom is -0.465 e. The zero-order chi connectivity index (χ0) is 18.0. The van der Waals surface area contributed by atoms with E-state index < -0.39 is 0 Å². The molecule has 2 heterocycles. The van der Waals surface area contributed by atoms with Crippen molar-refractivity contribution in [2.45, 2.75) is 52.5 Å². The van der Waals surface area contributed by atoms with Crippen LogP contribution in [0.5, 0.6) is 0 Å². The van der Waals surface area contributed by atoms with Gasteiger partial charge in [-0.05, 0) is 37.3 Å². The molecule has 1 amide bonds. The second-order valence-corrected chi connectivity index (χ2v) is 7.05. The van der Waals surface area contributed by atoms with E-state index in [1.165, 1.54) is 0 Å². The number of nitrogens with one attached hydrogen (secondary N) is 1. The molecular weight excluding hydrogens is 316 g/mol. The lowest BCUT2D eigenvalue weighted by Crippen LogP contribution is -2.31. The van der Waals surface area contributed by atoms with Crippen molar-refractivity contribution in [3.05, 3.63) is 52.7 Å². The van der Waals surface area contributed by atoms with Crippen LogP contribution >= 0.6 is 0 Å². The fourth-order valence-corrected chi connectivity index (χ4v) is 3.44. The predicted octanol–water partition coefficient (Wildman–Crippen LogP) is 4.02. The summed E-state index contributed by atoms with van der Waals surface area (Å²) in [6.07, 6.45) is 6.26. The fraction of sp³-hybridized carbons (Fsp3) is 0.450. The van der Waals surface area contributed by atoms with Crippen LogP contribution in [0.3, 0.4) is 0 Å². The minimum atomic E-state index is -0.243. The van der Waals surface area contributed by atoms with Gasteiger partial charge in [0.05, 0.1) is 17.2 Å². The maximum atomic E-state index is 13.0. The van der Waals surface area contributed by atoms with Crippen molar-refractivity contribution < 1.29 is 14.0 Å². The van der Waals surface area contributed by atoms with E-state index in [1.54, 1.807) is 19.3 Å². The van der Waals surface area contributed by atoms with Gasteiger partial charge in [-0.1, -0.05) is 19.9 Å². The van der Waals surface area contributed by atoms with Crippen LogP contribution in [-0.2, 0) is 6.42 Å². The largest absolute Gasteiger partial charge is 0.465 e. The van der Waals surface area contributed by atoms with Gasteiger partial charge in [-0.15, -0.1) is 0 Å². The number of hydrogen-bond acceptors (Lipinski definition) is 4. The van der Waals surface area contributed by atoms with E-state index in [0.717, 1.165) is 18.4 Å². The van der Waals surface area contributed by atoms with E-state index in [1.807, 2.05) is 12.1 Å². The van der Waals surface area contributed by atoms with E-state index in [-0.39, 0.29) is 17.7 Å². The number of pyridine rings is 1. The number of ketones is 1. The van der Waals surface area contributed by atoms with Gasteiger partial charge in [0.15, 0.2) is 5.78 Å². The van der Waals surface area contributed by atoms with Crippen molar-refractivity contribution in [1.29, 1.82) is 0 Å². The summed E-state index contributed by atoms with van der Waals surface area (Å²) in [5.74, 6) is 1.34. The molecule has 3 rings (SSSR count). The Morgan fingerprint density at radius 2 is 2.16 bits per heavy atom. The Morgan fingerprint density at radius 1 is 1.36 bits per heavy atom. The summed E-state index contributed by atoms with van der Waals surface area (Å²) >= 11 is 0. The molecule has 0 fully saturated rings. The first-order chi connectivity index (χ1) is 12.0. The number of hydrogen-bond donors (Lipinski definition) is 1. The number of fused-ring (bicyclic) bond motifs is 1. The van der Waals surface area contributed by atoms with Gasteiger partial charge in [0.25, 0.3) is 5.91 Å². The normalized spacial score (nSPS) is 15.1. The molecule has 1 atom stereocenters. The number of amides is 1. The van der Waals surface area contributed by atoms with Gasteiger partial charge >= 0.3 is 0 Å². The number of aryl methyl sites for hydroxylation is 2. The van der Waals surface area contributed by atoms with Crippen LogP contribution in [0.15, 0.2) is 28.9 Å². The van der Waals surface area contributed by atoms with Crippen LogP contribution in [-0.4, -0.2) is 16.7 Å². The Balaban J connectivity index is 1.90. The highest BCUT2D eigenvalue weighted by atomic mass is 16.3. The predicted molar refractivity (Wildman–Crippen MR) is 94.6 cm³/mol. The first-order valence-corrected chi connectivity index (χ1v) is 8.83. The van der Waals surface area contributed by atoms with Gasteiger partial charge in [-0.25, -0.2) is 0 Å². The highest BCUT2D eigenvalue weighted by Gasteiger charge is 2.31. The third-order valence-electron chi connectivity index (χ3n) is 4.57. The van der Waals surface area contributed by atoms with Crippen molar-refractivity contribution in [2.75, 3.05) is 0 Å². The van der Waals surface area contributed by atoms with E-state index >= 15 is 0 Å². The number of nitrogens with zero attached hydrogens (tertiary/aromatic N) is 1. The molecule has 0 bridgehead atoms. The molecule has 132 valence electrons. The van der Waals surface area contributed by atoms with Crippen molar-refractivity contribution in [3.8, 4) is 0 Å². The Bertz CT molecular complexity index is 778. The molecule has 5 heteroatoms. The summed E-state index contributed by atoms with van der Waals surface area (Å²) in [6, 6.07) is 3.68. The summed E-state index contributed by atoms with van der Waals surface area (Å²) in [6.45, 7) is 5.98. The lowest BCUT2D eigenvalue weighted by Gasteiger charge is -2.21. The Morgan fingerprint density at radius 3 is 2.84 bits per heavy atom. The van der Waals surface area contributed by atoms with E-state index in [9.17, 15) is 9.59 Å². The minimum absolute atomic E-state index is 0.00466. The summed E-state index contributed by atoms with van der Waals surface area (Å²) < 4.78 is 5.70. The number of carbonyl (C=O) groups is 2. The average Bonchev–Trinajstić information content (AvgIpc) is 2.92. The summed E-state index contributed by atoms with van der Waals surface area (Å²) in [5.41, 5.74) is 1.85. The summed E-state index contributed by atoms with van der Waals surface area (Å²) in [4.78, 5) is 29.4. The Labute approximate surface area is 147 Å². The quantitative estimate of drug-likeness (QED) is 0.892. The molecule has 0 saturated heterocycles. The monoisotopic (exact) mass is 340 g/mol. The number of furan rings is 1. The highest BCUT2D eigenvalue weighted by Crippen LogP contribution is 2.30. The smallest absolute Gasteiger partial charge is 0.256 e. The topological polar surface area (TPSA) is 72.2 Å². The van der Waals surface area contributed by atoms with Crippen molar-refractivity contribution >= 4 is 11.7 Å². The fourth-order valence-electron chi connectivity index (χ4n) is 3.44. The molecule has 1 aliphatic rings. The molecule has 5 nitrogen and oxygen atoms in total. The van der Waals surface area contributed by atoms with Gasteiger partial charge in [0, 0.05) is 25.2 Å². The number of Topliss-reactive ketones (excluding diaryl/α,β-unsaturated/α-hetero) is 1. The molecular formula is C20H24N2O3. The summed E-state index contributed by atoms with van der Waals surface area (Å²) in [7, 11) is 0. The molecule has 1 N–H and O–H groups in total. The zero-order valence-corrected chi connectivity index (χ0v) is 15.0. The van der Waals surface area contributed by atoms with Crippen molar-refractivity contribution in [1.82, 2.24) is 10.3 Å². The molecule has 1 unspecified atom stereocenters. The molecule has 2 aromatic rings. The van der Waals surface area contributed by atoms with Gasteiger partial charge in [0.2, 0.25) is 0 Å². The number of aromatic nitrogens is 1. The Hall–Kier alpha value is -2.43. The van der Waals surface area contributed by atoms with Crippen LogP contribution in [0.4, 0.5) is 0 Å². The Kier molecular flexibility index (Phi) is 5.02. The van der Waals surface area contributed by atoms with Crippen LogP contribution in [0.2, 0.25) is 0 Å². The SMILES string of the molecule is Cc1oc2c(c1C(=O)NC(CC(C)C)c1cccnc1)C(=O)CCC2. The second kappa shape index (κ2) is 7.21. The first kappa shape index (κ1) is 17.4. The summed E-state index contributed by atoms with van der Waals surface area (Å²) in [5, 5.41) is 3.09. The van der Waals surface area contributed by atoms with E-state index in [4.69, 9.17) is 4.42 Å². The maximum absolute atomic E-state index is 13.0. The van der Waals surface area contributed by atoms with Crippen LogP contribution in [0.25, 0.3) is 0 Å². The lowest BCUT2D eigenvalue weighted by atomic mass is 9.92. The van der Waals surface area contributed by atoms with Gasteiger partial charge < -0.3 is 9.73 Å². The van der Waals surface area contributed by atoms with E-state index in [0.29, 0.717) is 41.4 Å². The van der Waals surface area contributed by atoms with Crippen molar-refractivity contribution in [3.63, 3.8) is 0 Å². The highest BCUT2D eigenvalue weighted by molar-refractivity contribution is 6.10. The van der Waals surface area contributed by atoms with Crippen LogP contribution in [0, 0.1) is 12.8 Å². The van der Waals surface area contributed by atoms with Gasteiger partial charge in [0.1, 0.15) is 11.5 Å². The van der Waals surface area contributed by atoms with Crippen LogP contribution in [0.1, 0.15) is 77.0 Å². The molecule has 0 aliphatic heterocycles. The molecule has 0 saturated carbocycles. The molecule has 0 radical (unpaired) electrons.